The van der Waals surface area contributed by atoms with Crippen LogP contribution < -0.4 is 5.32 Å². The second-order valence-corrected chi connectivity index (χ2v) is 4.19. The molecule has 0 aromatic heterocycles. The Kier molecular flexibility index (Phi) is 8.58. The summed E-state index contributed by atoms with van der Waals surface area (Å²) in [5.74, 6) is -1.31. The maximum absolute atomic E-state index is 11.3. The molecule has 0 bridgehead atoms. The molecule has 94 valence electrons. The number of hydrogen-bond donors (Lipinski definition) is 2. The molecule has 0 fully saturated rings. The lowest BCUT2D eigenvalue weighted by molar-refractivity contribution is -0.141. The van der Waals surface area contributed by atoms with Crippen molar-refractivity contribution in [2.45, 2.75) is 52.4 Å². The standard InChI is InChI=1S/C12H23NO3/c1-3-4-5-6-9-13-11(14)8-7-10(2)12(15)16/h10H,3-9H2,1-2H3,(H,13,14)(H,15,16). The molecule has 1 amide bonds. The Hall–Kier alpha value is -1.06. The molecule has 0 spiro atoms. The van der Waals surface area contributed by atoms with Crippen LogP contribution in [0.3, 0.4) is 0 Å². The van der Waals surface area contributed by atoms with Gasteiger partial charge in [-0.15, -0.1) is 0 Å². The van der Waals surface area contributed by atoms with Crippen LogP contribution in [0.4, 0.5) is 0 Å². The molecule has 0 heterocycles. The molecule has 4 heteroatoms. The van der Waals surface area contributed by atoms with E-state index in [1.54, 1.807) is 6.92 Å². The summed E-state index contributed by atoms with van der Waals surface area (Å²) in [6.45, 7) is 4.48. The number of carbonyl (C=O) groups is 2. The molecule has 2 N–H and O–H groups in total. The molecule has 0 aliphatic heterocycles. The largest absolute Gasteiger partial charge is 0.481 e. The van der Waals surface area contributed by atoms with Crippen LogP contribution in [-0.2, 0) is 9.59 Å². The van der Waals surface area contributed by atoms with Crippen LogP contribution in [0.25, 0.3) is 0 Å². The molecule has 0 saturated heterocycles. The van der Waals surface area contributed by atoms with E-state index < -0.39 is 11.9 Å². The Balaban J connectivity index is 3.41. The van der Waals surface area contributed by atoms with Crippen molar-refractivity contribution >= 4 is 11.9 Å². The van der Waals surface area contributed by atoms with E-state index in [9.17, 15) is 9.59 Å². The fourth-order valence-corrected chi connectivity index (χ4v) is 1.34. The molecular formula is C12H23NO3. The van der Waals surface area contributed by atoms with Gasteiger partial charge in [0.15, 0.2) is 0 Å². The minimum atomic E-state index is -0.837. The highest BCUT2D eigenvalue weighted by molar-refractivity contribution is 5.77. The van der Waals surface area contributed by atoms with Crippen molar-refractivity contribution in [2.24, 2.45) is 5.92 Å². The average Bonchev–Trinajstić information content (AvgIpc) is 2.25. The Bertz CT molecular complexity index is 216. The third kappa shape index (κ3) is 8.26. The minimum Gasteiger partial charge on any atom is -0.481 e. The normalized spacial score (nSPS) is 12.1. The van der Waals surface area contributed by atoms with Crippen molar-refractivity contribution < 1.29 is 14.7 Å². The van der Waals surface area contributed by atoms with Gasteiger partial charge in [-0.1, -0.05) is 33.1 Å². The van der Waals surface area contributed by atoms with E-state index in [-0.39, 0.29) is 5.91 Å². The smallest absolute Gasteiger partial charge is 0.306 e. The predicted octanol–water partition coefficient (Wildman–Crippen LogP) is 2.18. The summed E-state index contributed by atoms with van der Waals surface area (Å²) in [5, 5.41) is 11.4. The molecule has 0 aromatic carbocycles. The van der Waals surface area contributed by atoms with E-state index >= 15 is 0 Å². The Morgan fingerprint density at radius 2 is 1.94 bits per heavy atom. The summed E-state index contributed by atoms with van der Waals surface area (Å²) < 4.78 is 0. The van der Waals surface area contributed by atoms with Crippen LogP contribution in [0.5, 0.6) is 0 Å². The summed E-state index contributed by atoms with van der Waals surface area (Å²) in [6.07, 6.45) is 5.25. The first-order valence-electron chi connectivity index (χ1n) is 6.07. The number of aliphatic carboxylic acids is 1. The average molecular weight is 229 g/mol. The van der Waals surface area contributed by atoms with Gasteiger partial charge < -0.3 is 10.4 Å². The molecule has 16 heavy (non-hydrogen) atoms. The van der Waals surface area contributed by atoms with Gasteiger partial charge in [0.05, 0.1) is 5.92 Å². The highest BCUT2D eigenvalue weighted by Crippen LogP contribution is 2.05. The maximum Gasteiger partial charge on any atom is 0.306 e. The Morgan fingerprint density at radius 1 is 1.25 bits per heavy atom. The molecule has 0 saturated carbocycles. The zero-order valence-electron chi connectivity index (χ0n) is 10.3. The number of hydrogen-bond acceptors (Lipinski definition) is 2. The van der Waals surface area contributed by atoms with Crippen LogP contribution in [-0.4, -0.2) is 23.5 Å². The van der Waals surface area contributed by atoms with Crippen molar-refractivity contribution in [1.82, 2.24) is 5.32 Å². The van der Waals surface area contributed by atoms with Gasteiger partial charge >= 0.3 is 5.97 Å². The number of nitrogens with one attached hydrogen (secondary N) is 1. The third-order valence-electron chi connectivity index (χ3n) is 2.58. The molecule has 1 unspecified atom stereocenters. The van der Waals surface area contributed by atoms with Gasteiger partial charge in [0, 0.05) is 13.0 Å². The minimum absolute atomic E-state index is 0.0374. The number of amides is 1. The summed E-state index contributed by atoms with van der Waals surface area (Å²) in [6, 6.07) is 0. The summed E-state index contributed by atoms with van der Waals surface area (Å²) in [4.78, 5) is 21.8. The van der Waals surface area contributed by atoms with E-state index in [0.29, 0.717) is 19.4 Å². The van der Waals surface area contributed by atoms with Crippen molar-refractivity contribution in [1.29, 1.82) is 0 Å². The zero-order chi connectivity index (χ0) is 12.4. The molecule has 0 aliphatic carbocycles. The summed E-state index contributed by atoms with van der Waals surface area (Å²) >= 11 is 0. The predicted molar refractivity (Wildman–Crippen MR) is 63.2 cm³/mol. The zero-order valence-corrected chi connectivity index (χ0v) is 10.3. The maximum atomic E-state index is 11.3. The van der Waals surface area contributed by atoms with Gasteiger partial charge in [-0.3, -0.25) is 9.59 Å². The fourth-order valence-electron chi connectivity index (χ4n) is 1.34. The summed E-state index contributed by atoms with van der Waals surface area (Å²) in [5.41, 5.74) is 0. The first-order valence-corrected chi connectivity index (χ1v) is 6.07. The van der Waals surface area contributed by atoms with Gasteiger partial charge in [0.1, 0.15) is 0 Å². The van der Waals surface area contributed by atoms with E-state index in [4.69, 9.17) is 5.11 Å². The van der Waals surface area contributed by atoms with Gasteiger partial charge in [-0.2, -0.15) is 0 Å². The quantitative estimate of drug-likeness (QED) is 0.595. The SMILES string of the molecule is CCCCCCNC(=O)CCC(C)C(=O)O. The van der Waals surface area contributed by atoms with E-state index in [2.05, 4.69) is 12.2 Å². The first kappa shape index (κ1) is 14.9. The van der Waals surface area contributed by atoms with Crippen LogP contribution in [0.2, 0.25) is 0 Å². The van der Waals surface area contributed by atoms with E-state index in [1.807, 2.05) is 0 Å². The lowest BCUT2D eigenvalue weighted by Gasteiger charge is -2.07. The topological polar surface area (TPSA) is 66.4 Å². The lowest BCUT2D eigenvalue weighted by Crippen LogP contribution is -2.25. The van der Waals surface area contributed by atoms with Crippen LogP contribution in [0.15, 0.2) is 0 Å². The molecule has 0 aromatic rings. The van der Waals surface area contributed by atoms with Gasteiger partial charge in [0.2, 0.25) is 5.91 Å². The highest BCUT2D eigenvalue weighted by atomic mass is 16.4. The lowest BCUT2D eigenvalue weighted by atomic mass is 10.1. The van der Waals surface area contributed by atoms with Gasteiger partial charge in [0.25, 0.3) is 0 Å². The van der Waals surface area contributed by atoms with E-state index in [1.165, 1.54) is 12.8 Å². The second kappa shape index (κ2) is 9.19. The molecule has 0 rings (SSSR count). The number of unbranched alkanes of at least 4 members (excludes halogenated alkanes) is 3. The van der Waals surface area contributed by atoms with Crippen LogP contribution in [0.1, 0.15) is 52.4 Å². The van der Waals surface area contributed by atoms with Crippen molar-refractivity contribution in [2.75, 3.05) is 6.54 Å². The number of rotatable bonds is 9. The molecule has 0 radical (unpaired) electrons. The van der Waals surface area contributed by atoms with Crippen molar-refractivity contribution in [3.63, 3.8) is 0 Å². The Morgan fingerprint density at radius 3 is 2.50 bits per heavy atom. The fraction of sp³-hybridized carbons (Fsp3) is 0.833. The molecule has 0 aliphatic rings. The monoisotopic (exact) mass is 229 g/mol. The number of carbonyl (C=O) groups excluding carboxylic acids is 1. The highest BCUT2D eigenvalue weighted by Gasteiger charge is 2.12. The van der Waals surface area contributed by atoms with Crippen LogP contribution >= 0.6 is 0 Å². The summed E-state index contributed by atoms with van der Waals surface area (Å²) in [7, 11) is 0. The molecule has 1 atom stereocenters. The van der Waals surface area contributed by atoms with Gasteiger partial charge in [-0.05, 0) is 12.8 Å². The molecular weight excluding hydrogens is 206 g/mol. The first-order chi connectivity index (χ1) is 7.57. The number of carboxylic acid groups (broad SMARTS) is 1. The van der Waals surface area contributed by atoms with Crippen LogP contribution in [0, 0.1) is 5.92 Å². The molecule has 4 nitrogen and oxygen atoms in total. The Labute approximate surface area is 97.4 Å². The van der Waals surface area contributed by atoms with Crippen molar-refractivity contribution in [3.8, 4) is 0 Å². The third-order valence-corrected chi connectivity index (χ3v) is 2.58. The van der Waals surface area contributed by atoms with E-state index in [0.717, 1.165) is 12.8 Å². The second-order valence-electron chi connectivity index (χ2n) is 4.19. The van der Waals surface area contributed by atoms with Crippen molar-refractivity contribution in [3.05, 3.63) is 0 Å². The van der Waals surface area contributed by atoms with Gasteiger partial charge in [-0.25, -0.2) is 0 Å². The number of carboxylic acids is 1.